The fourth-order valence-corrected chi connectivity index (χ4v) is 2.98. The van der Waals surface area contributed by atoms with E-state index in [4.69, 9.17) is 10.2 Å². The molecule has 0 unspecified atom stereocenters. The van der Waals surface area contributed by atoms with Gasteiger partial charge in [0.2, 0.25) is 0 Å². The van der Waals surface area contributed by atoms with Crippen molar-refractivity contribution in [3.05, 3.63) is 17.7 Å². The Hall–Kier alpha value is -0.943. The number of nitrogen functional groups attached to an aromatic ring is 1. The minimum Gasteiger partial charge on any atom is -0.417 e. The van der Waals surface area contributed by atoms with Crippen LogP contribution in [-0.2, 0) is 10.8 Å². The zero-order valence-corrected chi connectivity index (χ0v) is 15.7. The van der Waals surface area contributed by atoms with Crippen LogP contribution in [0.2, 0.25) is 18.1 Å². The third-order valence-corrected chi connectivity index (χ3v) is 8.91. The third-order valence-electron chi connectivity index (χ3n) is 4.37. The molecule has 4 nitrogen and oxygen atoms in total. The van der Waals surface area contributed by atoms with Gasteiger partial charge in [0.25, 0.3) is 0 Å². The van der Waals surface area contributed by atoms with Crippen LogP contribution in [0.15, 0.2) is 6.33 Å². The van der Waals surface area contributed by atoms with Gasteiger partial charge in [0.1, 0.15) is 6.33 Å². The highest BCUT2D eigenvalue weighted by molar-refractivity contribution is 6.74. The molecule has 0 aliphatic carbocycles. The molecule has 0 amide bonds. The Morgan fingerprint density at radius 1 is 1.24 bits per heavy atom. The van der Waals surface area contributed by atoms with E-state index in [1.54, 1.807) is 6.33 Å². The maximum Gasteiger partial charge on any atom is 0.191 e. The molecular weight excluding hydrogens is 278 g/mol. The first-order valence-electron chi connectivity index (χ1n) is 7.79. The van der Waals surface area contributed by atoms with Crippen LogP contribution in [0.5, 0.6) is 0 Å². The molecule has 0 aliphatic heterocycles. The molecule has 0 bridgehead atoms. The number of hydrogen-bond acceptors (Lipinski definition) is 4. The van der Waals surface area contributed by atoms with Gasteiger partial charge < -0.3 is 10.2 Å². The smallest absolute Gasteiger partial charge is 0.191 e. The first kappa shape index (κ1) is 18.1. The maximum absolute atomic E-state index is 6.19. The lowest BCUT2D eigenvalue weighted by Crippen LogP contribution is -2.41. The van der Waals surface area contributed by atoms with Gasteiger partial charge in [-0.3, -0.25) is 0 Å². The Morgan fingerprint density at radius 2 is 1.86 bits per heavy atom. The first-order valence-corrected chi connectivity index (χ1v) is 10.7. The first-order chi connectivity index (χ1) is 9.56. The second-order valence-electron chi connectivity index (χ2n) is 7.49. The van der Waals surface area contributed by atoms with Gasteiger partial charge in [-0.05, 0) is 36.9 Å². The average Bonchev–Trinajstić information content (AvgIpc) is 2.34. The molecule has 120 valence electrons. The van der Waals surface area contributed by atoms with Crippen molar-refractivity contribution in [2.24, 2.45) is 0 Å². The van der Waals surface area contributed by atoms with E-state index in [1.165, 1.54) is 0 Å². The Labute approximate surface area is 130 Å². The summed E-state index contributed by atoms with van der Waals surface area (Å²) in [7, 11) is -1.65. The van der Waals surface area contributed by atoms with Crippen LogP contribution in [0, 0.1) is 0 Å². The molecule has 1 aromatic heterocycles. The van der Waals surface area contributed by atoms with E-state index in [0.717, 1.165) is 36.5 Å². The highest BCUT2D eigenvalue weighted by atomic mass is 28.4. The standard InChI is InChI=1S/C16H31N3OSi/c1-12(2)15-14(17)13(18-11-19-15)9-8-10-20-21(6,7)16(3,4)5/h11-12H,8-10,17H2,1-7H3. The Kier molecular flexibility index (Phi) is 5.93. The van der Waals surface area contributed by atoms with Crippen LogP contribution >= 0.6 is 0 Å². The summed E-state index contributed by atoms with van der Waals surface area (Å²) in [4.78, 5) is 8.60. The van der Waals surface area contributed by atoms with Crippen molar-refractivity contribution in [3.8, 4) is 0 Å². The summed E-state index contributed by atoms with van der Waals surface area (Å²) in [5, 5.41) is 0.256. The SMILES string of the molecule is CC(C)c1ncnc(CCCO[Si](C)(C)C(C)(C)C)c1N. The van der Waals surface area contributed by atoms with Crippen molar-refractivity contribution in [3.63, 3.8) is 0 Å². The quantitative estimate of drug-likeness (QED) is 0.634. The second kappa shape index (κ2) is 6.88. The van der Waals surface area contributed by atoms with E-state index in [-0.39, 0.29) is 5.04 Å². The zero-order chi connectivity index (χ0) is 16.3. The average molecular weight is 310 g/mol. The Balaban J connectivity index is 2.56. The highest BCUT2D eigenvalue weighted by Crippen LogP contribution is 2.36. The van der Waals surface area contributed by atoms with E-state index < -0.39 is 8.32 Å². The number of aryl methyl sites for hydroxylation is 1. The maximum atomic E-state index is 6.19. The summed E-state index contributed by atoms with van der Waals surface area (Å²) >= 11 is 0. The highest BCUT2D eigenvalue weighted by Gasteiger charge is 2.36. The Morgan fingerprint density at radius 3 is 2.38 bits per heavy atom. The van der Waals surface area contributed by atoms with E-state index in [2.05, 4.69) is 57.7 Å². The molecule has 1 aromatic rings. The predicted molar refractivity (Wildman–Crippen MR) is 92.0 cm³/mol. The number of nitrogens with two attached hydrogens (primary N) is 1. The van der Waals surface area contributed by atoms with Crippen LogP contribution in [-0.4, -0.2) is 24.9 Å². The fraction of sp³-hybridized carbons (Fsp3) is 0.750. The normalized spacial score (nSPS) is 13.0. The summed E-state index contributed by atoms with van der Waals surface area (Å²) < 4.78 is 6.19. The summed E-state index contributed by atoms with van der Waals surface area (Å²) in [5.74, 6) is 0.329. The molecular formula is C16H31N3OSi. The summed E-state index contributed by atoms with van der Waals surface area (Å²) in [5.41, 5.74) is 8.82. The molecule has 0 spiro atoms. The van der Waals surface area contributed by atoms with Gasteiger partial charge in [-0.1, -0.05) is 34.6 Å². The molecule has 21 heavy (non-hydrogen) atoms. The molecule has 5 heteroatoms. The molecule has 0 atom stereocenters. The van der Waals surface area contributed by atoms with Crippen LogP contribution in [0.25, 0.3) is 0 Å². The monoisotopic (exact) mass is 309 g/mol. The van der Waals surface area contributed by atoms with Gasteiger partial charge in [0.05, 0.1) is 17.1 Å². The lowest BCUT2D eigenvalue weighted by Gasteiger charge is -2.36. The number of rotatable bonds is 6. The molecule has 0 radical (unpaired) electrons. The number of nitrogens with zero attached hydrogens (tertiary/aromatic N) is 2. The van der Waals surface area contributed by atoms with E-state index in [1.807, 2.05) is 0 Å². The largest absolute Gasteiger partial charge is 0.417 e. The van der Waals surface area contributed by atoms with Crippen molar-refractivity contribution < 1.29 is 4.43 Å². The number of anilines is 1. The van der Waals surface area contributed by atoms with E-state index in [0.29, 0.717) is 5.92 Å². The number of hydrogen-bond donors (Lipinski definition) is 1. The van der Waals surface area contributed by atoms with Crippen LogP contribution < -0.4 is 5.73 Å². The number of aromatic nitrogens is 2. The van der Waals surface area contributed by atoms with Crippen molar-refractivity contribution in [1.82, 2.24) is 9.97 Å². The predicted octanol–water partition coefficient (Wildman–Crippen LogP) is 4.14. The molecule has 0 saturated heterocycles. The van der Waals surface area contributed by atoms with Gasteiger partial charge in [0, 0.05) is 6.61 Å². The lowest BCUT2D eigenvalue weighted by molar-refractivity contribution is 0.282. The van der Waals surface area contributed by atoms with Gasteiger partial charge in [-0.2, -0.15) is 0 Å². The summed E-state index contributed by atoms with van der Waals surface area (Å²) in [6.45, 7) is 16.3. The van der Waals surface area contributed by atoms with Gasteiger partial charge >= 0.3 is 0 Å². The molecule has 0 fully saturated rings. The van der Waals surface area contributed by atoms with Gasteiger partial charge in [-0.25, -0.2) is 9.97 Å². The van der Waals surface area contributed by atoms with E-state index in [9.17, 15) is 0 Å². The lowest BCUT2D eigenvalue weighted by atomic mass is 10.1. The molecule has 0 aliphatic rings. The topological polar surface area (TPSA) is 61.0 Å². The molecule has 0 saturated carbocycles. The minimum absolute atomic E-state index is 0.256. The molecule has 1 heterocycles. The molecule has 2 N–H and O–H groups in total. The third kappa shape index (κ3) is 4.78. The van der Waals surface area contributed by atoms with Crippen LogP contribution in [0.3, 0.4) is 0 Å². The van der Waals surface area contributed by atoms with Gasteiger partial charge in [0.15, 0.2) is 8.32 Å². The fourth-order valence-electron chi connectivity index (χ4n) is 1.89. The van der Waals surface area contributed by atoms with Crippen LogP contribution in [0.1, 0.15) is 58.3 Å². The van der Waals surface area contributed by atoms with Crippen molar-refractivity contribution in [2.45, 2.75) is 71.5 Å². The van der Waals surface area contributed by atoms with Crippen molar-refractivity contribution >= 4 is 14.0 Å². The Bertz CT molecular complexity index is 467. The van der Waals surface area contributed by atoms with E-state index >= 15 is 0 Å². The molecule has 1 rings (SSSR count). The van der Waals surface area contributed by atoms with Crippen LogP contribution in [0.4, 0.5) is 5.69 Å². The van der Waals surface area contributed by atoms with Crippen molar-refractivity contribution in [2.75, 3.05) is 12.3 Å². The van der Waals surface area contributed by atoms with Crippen molar-refractivity contribution in [1.29, 1.82) is 0 Å². The second-order valence-corrected chi connectivity index (χ2v) is 12.3. The molecule has 0 aromatic carbocycles. The summed E-state index contributed by atoms with van der Waals surface area (Å²) in [6.07, 6.45) is 3.42. The van der Waals surface area contributed by atoms with Gasteiger partial charge in [-0.15, -0.1) is 0 Å². The minimum atomic E-state index is -1.65. The zero-order valence-electron chi connectivity index (χ0n) is 14.7. The summed E-state index contributed by atoms with van der Waals surface area (Å²) in [6, 6.07) is 0.